The Morgan fingerprint density at radius 2 is 2.00 bits per heavy atom. The van der Waals surface area contributed by atoms with Crippen molar-refractivity contribution in [1.29, 1.82) is 0 Å². The SMILES string of the molecule is C=CCC[C@@H](c1ccc(SC)cc1)N1CCNCC1. The van der Waals surface area contributed by atoms with E-state index in [1.807, 2.05) is 6.08 Å². The van der Waals surface area contributed by atoms with E-state index in [2.05, 4.69) is 47.3 Å². The monoisotopic (exact) mass is 276 g/mol. The highest BCUT2D eigenvalue weighted by Crippen LogP contribution is 2.27. The molecule has 1 saturated heterocycles. The van der Waals surface area contributed by atoms with Gasteiger partial charge >= 0.3 is 0 Å². The van der Waals surface area contributed by atoms with E-state index < -0.39 is 0 Å². The van der Waals surface area contributed by atoms with Crippen molar-refractivity contribution in [3.8, 4) is 0 Å². The smallest absolute Gasteiger partial charge is 0.0352 e. The molecule has 0 aromatic heterocycles. The average Bonchev–Trinajstić information content (AvgIpc) is 2.49. The molecular weight excluding hydrogens is 252 g/mol. The molecule has 1 aliphatic rings. The Bertz CT molecular complexity index is 382. The molecule has 3 heteroatoms. The third-order valence-electron chi connectivity index (χ3n) is 3.74. The molecule has 0 bridgehead atoms. The van der Waals surface area contributed by atoms with E-state index in [0.29, 0.717) is 6.04 Å². The summed E-state index contributed by atoms with van der Waals surface area (Å²) in [6, 6.07) is 9.60. The molecule has 0 radical (unpaired) electrons. The summed E-state index contributed by atoms with van der Waals surface area (Å²) in [5, 5.41) is 3.43. The third kappa shape index (κ3) is 4.10. The Kier molecular flexibility index (Phi) is 5.95. The summed E-state index contributed by atoms with van der Waals surface area (Å²) in [6.45, 7) is 8.36. The van der Waals surface area contributed by atoms with Gasteiger partial charge in [-0.25, -0.2) is 0 Å². The lowest BCUT2D eigenvalue weighted by Crippen LogP contribution is -2.45. The maximum Gasteiger partial charge on any atom is 0.0352 e. The minimum atomic E-state index is 0.538. The summed E-state index contributed by atoms with van der Waals surface area (Å²) in [6.07, 6.45) is 6.41. The number of hydrogen-bond donors (Lipinski definition) is 1. The Balaban J connectivity index is 2.12. The largest absolute Gasteiger partial charge is 0.314 e. The summed E-state index contributed by atoms with van der Waals surface area (Å²) in [5.74, 6) is 0. The number of thioether (sulfide) groups is 1. The zero-order valence-corrected chi connectivity index (χ0v) is 12.6. The van der Waals surface area contributed by atoms with Gasteiger partial charge in [-0.2, -0.15) is 0 Å². The second kappa shape index (κ2) is 7.73. The van der Waals surface area contributed by atoms with E-state index in [0.717, 1.165) is 32.6 Å². The first-order valence-corrected chi connectivity index (χ1v) is 8.27. The van der Waals surface area contributed by atoms with Gasteiger partial charge in [0, 0.05) is 37.1 Å². The van der Waals surface area contributed by atoms with Crippen LogP contribution in [0, 0.1) is 0 Å². The van der Waals surface area contributed by atoms with Gasteiger partial charge in [-0.1, -0.05) is 18.2 Å². The molecule has 1 aromatic rings. The van der Waals surface area contributed by atoms with Gasteiger partial charge in [0.1, 0.15) is 0 Å². The second-order valence-corrected chi connectivity index (χ2v) is 5.82. The van der Waals surface area contributed by atoms with Crippen LogP contribution in [0.25, 0.3) is 0 Å². The molecule has 1 heterocycles. The Morgan fingerprint density at radius 1 is 1.32 bits per heavy atom. The number of benzene rings is 1. The summed E-state index contributed by atoms with van der Waals surface area (Å²) in [5.41, 5.74) is 1.45. The topological polar surface area (TPSA) is 15.3 Å². The maximum absolute atomic E-state index is 3.86. The highest BCUT2D eigenvalue weighted by atomic mass is 32.2. The number of piperazine rings is 1. The van der Waals surface area contributed by atoms with Crippen molar-refractivity contribution in [1.82, 2.24) is 10.2 Å². The van der Waals surface area contributed by atoms with Crippen LogP contribution in [0.2, 0.25) is 0 Å². The van der Waals surface area contributed by atoms with Crippen LogP contribution in [0.5, 0.6) is 0 Å². The molecule has 1 fully saturated rings. The van der Waals surface area contributed by atoms with E-state index >= 15 is 0 Å². The van der Waals surface area contributed by atoms with Gasteiger partial charge < -0.3 is 5.32 Å². The number of nitrogens with one attached hydrogen (secondary N) is 1. The van der Waals surface area contributed by atoms with Crippen LogP contribution in [-0.4, -0.2) is 37.3 Å². The van der Waals surface area contributed by atoms with Crippen molar-refractivity contribution in [3.63, 3.8) is 0 Å². The molecule has 0 amide bonds. The van der Waals surface area contributed by atoms with Crippen LogP contribution in [0.1, 0.15) is 24.4 Å². The van der Waals surface area contributed by atoms with Crippen molar-refractivity contribution < 1.29 is 0 Å². The number of allylic oxidation sites excluding steroid dienone is 1. The lowest BCUT2D eigenvalue weighted by molar-refractivity contribution is 0.166. The Labute approximate surface area is 121 Å². The highest BCUT2D eigenvalue weighted by molar-refractivity contribution is 7.98. The molecule has 0 spiro atoms. The van der Waals surface area contributed by atoms with Crippen LogP contribution in [0.4, 0.5) is 0 Å². The molecule has 2 rings (SSSR count). The lowest BCUT2D eigenvalue weighted by Gasteiger charge is -2.35. The zero-order chi connectivity index (χ0) is 13.5. The van der Waals surface area contributed by atoms with Crippen LogP contribution in [0.3, 0.4) is 0 Å². The molecule has 0 unspecified atom stereocenters. The number of rotatable bonds is 6. The minimum Gasteiger partial charge on any atom is -0.314 e. The quantitative estimate of drug-likeness (QED) is 0.634. The zero-order valence-electron chi connectivity index (χ0n) is 11.8. The summed E-state index contributed by atoms with van der Waals surface area (Å²) in [4.78, 5) is 3.94. The van der Waals surface area contributed by atoms with Gasteiger partial charge in [0.2, 0.25) is 0 Å². The van der Waals surface area contributed by atoms with E-state index in [9.17, 15) is 0 Å². The van der Waals surface area contributed by atoms with Crippen molar-refractivity contribution in [2.75, 3.05) is 32.4 Å². The molecule has 1 N–H and O–H groups in total. The molecule has 1 atom stereocenters. The summed E-state index contributed by atoms with van der Waals surface area (Å²) >= 11 is 1.80. The predicted molar refractivity (Wildman–Crippen MR) is 84.8 cm³/mol. The molecule has 2 nitrogen and oxygen atoms in total. The molecule has 19 heavy (non-hydrogen) atoms. The highest BCUT2D eigenvalue weighted by Gasteiger charge is 2.21. The van der Waals surface area contributed by atoms with E-state index in [1.54, 1.807) is 11.8 Å². The van der Waals surface area contributed by atoms with Gasteiger partial charge in [-0.3, -0.25) is 4.90 Å². The van der Waals surface area contributed by atoms with Crippen molar-refractivity contribution >= 4 is 11.8 Å². The normalized spacial score (nSPS) is 18.2. The van der Waals surface area contributed by atoms with Gasteiger partial charge in [0.05, 0.1) is 0 Å². The average molecular weight is 276 g/mol. The van der Waals surface area contributed by atoms with Crippen LogP contribution in [-0.2, 0) is 0 Å². The summed E-state index contributed by atoms with van der Waals surface area (Å²) in [7, 11) is 0. The Hall–Kier alpha value is -0.770. The fourth-order valence-electron chi connectivity index (χ4n) is 2.66. The molecule has 1 aromatic carbocycles. The van der Waals surface area contributed by atoms with Crippen molar-refractivity contribution in [2.24, 2.45) is 0 Å². The van der Waals surface area contributed by atoms with E-state index in [-0.39, 0.29) is 0 Å². The number of hydrogen-bond acceptors (Lipinski definition) is 3. The fourth-order valence-corrected chi connectivity index (χ4v) is 3.06. The van der Waals surface area contributed by atoms with Gasteiger partial charge in [-0.05, 0) is 36.8 Å². The Morgan fingerprint density at radius 3 is 2.58 bits per heavy atom. The van der Waals surface area contributed by atoms with Gasteiger partial charge in [0.15, 0.2) is 0 Å². The fraction of sp³-hybridized carbons (Fsp3) is 0.500. The van der Waals surface area contributed by atoms with Gasteiger partial charge in [-0.15, -0.1) is 18.3 Å². The predicted octanol–water partition coefficient (Wildman–Crippen LogP) is 3.32. The third-order valence-corrected chi connectivity index (χ3v) is 4.48. The first kappa shape index (κ1) is 14.6. The molecular formula is C16H24N2S. The molecule has 0 saturated carbocycles. The van der Waals surface area contributed by atoms with Crippen LogP contribution >= 0.6 is 11.8 Å². The van der Waals surface area contributed by atoms with Gasteiger partial charge in [0.25, 0.3) is 0 Å². The molecule has 0 aliphatic carbocycles. The van der Waals surface area contributed by atoms with Crippen LogP contribution in [0.15, 0.2) is 41.8 Å². The van der Waals surface area contributed by atoms with Crippen molar-refractivity contribution in [2.45, 2.75) is 23.8 Å². The number of nitrogens with zero attached hydrogens (tertiary/aromatic N) is 1. The molecule has 104 valence electrons. The van der Waals surface area contributed by atoms with E-state index in [4.69, 9.17) is 0 Å². The second-order valence-electron chi connectivity index (χ2n) is 4.94. The first-order chi connectivity index (χ1) is 9.35. The minimum absolute atomic E-state index is 0.538. The maximum atomic E-state index is 3.86. The van der Waals surface area contributed by atoms with Crippen LogP contribution < -0.4 is 5.32 Å². The lowest BCUT2D eigenvalue weighted by atomic mass is 9.99. The summed E-state index contributed by atoms with van der Waals surface area (Å²) < 4.78 is 0. The molecule has 1 aliphatic heterocycles. The standard InChI is InChI=1S/C16H24N2S/c1-3-4-5-16(18-12-10-17-11-13-18)14-6-8-15(19-2)9-7-14/h3,6-9,16-17H,1,4-5,10-13H2,2H3/t16-/m0/s1. The van der Waals surface area contributed by atoms with Crippen molar-refractivity contribution in [3.05, 3.63) is 42.5 Å². The van der Waals surface area contributed by atoms with E-state index in [1.165, 1.54) is 16.9 Å². The first-order valence-electron chi connectivity index (χ1n) is 7.04.